The fraction of sp³-hybridized carbons (Fsp3) is 0.667. The standard InChI is InChI=1S/C6H10N2OS.Al.Li.4H/c9-5-8-2-1-7-3-4-10-6(7)8;;;;;;/h1-2,6,9H,3-5H2;;;;;;/q;+3;;;3*-1. The zero-order valence-corrected chi connectivity index (χ0v) is 8.15. The molecule has 0 aromatic carbocycles. The molecule has 2 aliphatic rings. The van der Waals surface area contributed by atoms with E-state index in [2.05, 4.69) is 4.90 Å². The minimum atomic E-state index is 0. The summed E-state index contributed by atoms with van der Waals surface area (Å²) in [5.41, 5.74) is 0.380. The predicted octanol–water partition coefficient (Wildman–Crippen LogP) is -0.636. The van der Waals surface area contributed by atoms with E-state index in [1.807, 2.05) is 29.1 Å². The Hall–Kier alpha value is 0.780. The first-order chi connectivity index (χ1) is 4.92. The monoisotopic (exact) mass is 196 g/mol. The summed E-state index contributed by atoms with van der Waals surface area (Å²) in [4.78, 5) is 4.17. The van der Waals surface area contributed by atoms with Crippen molar-refractivity contribution < 1.29 is 9.39 Å². The van der Waals surface area contributed by atoms with Gasteiger partial charge in [0.05, 0.1) is 0 Å². The Kier molecular flexibility index (Phi) is 5.85. The molecular weight excluding hydrogens is 182 g/mol. The zero-order chi connectivity index (χ0) is 6.97. The Morgan fingerprint density at radius 3 is 3.00 bits per heavy atom. The Bertz CT molecular complexity index is 182. The molecule has 2 rings (SSSR count). The van der Waals surface area contributed by atoms with Gasteiger partial charge < -0.3 is 19.2 Å². The molecule has 6 heteroatoms. The number of nitrogens with zero attached hydrogens (tertiary/aromatic N) is 2. The number of thioether (sulfide) groups is 1. The maximum atomic E-state index is 8.85. The normalized spacial score (nSPS) is 24.9. The van der Waals surface area contributed by atoms with Crippen molar-refractivity contribution in [3.05, 3.63) is 12.4 Å². The number of hydrogen-bond donors (Lipinski definition) is 1. The molecule has 1 fully saturated rings. The van der Waals surface area contributed by atoms with E-state index in [-0.39, 0.29) is 47.2 Å². The molecule has 1 atom stereocenters. The summed E-state index contributed by atoms with van der Waals surface area (Å²) in [5, 5.41) is 8.85. The van der Waals surface area contributed by atoms with E-state index in [9.17, 15) is 0 Å². The van der Waals surface area contributed by atoms with Gasteiger partial charge in [-0.3, -0.25) is 0 Å². The average molecular weight is 196 g/mol. The van der Waals surface area contributed by atoms with Crippen LogP contribution in [0.2, 0.25) is 0 Å². The molecule has 1 N–H and O–H groups in total. The molecule has 0 aromatic heterocycles. The van der Waals surface area contributed by atoms with E-state index >= 15 is 0 Å². The quantitative estimate of drug-likeness (QED) is 0.564. The van der Waals surface area contributed by atoms with Crippen molar-refractivity contribution in [3.63, 3.8) is 0 Å². The van der Waals surface area contributed by atoms with Gasteiger partial charge in [-0.05, 0) is 0 Å². The van der Waals surface area contributed by atoms with Gasteiger partial charge in [-0.15, -0.1) is 11.8 Å². The summed E-state index contributed by atoms with van der Waals surface area (Å²) in [6.45, 7) is 1.24. The van der Waals surface area contributed by atoms with Gasteiger partial charge in [0.25, 0.3) is 0 Å². The summed E-state index contributed by atoms with van der Waals surface area (Å²) >= 11 is 1.87. The van der Waals surface area contributed by atoms with E-state index in [4.69, 9.17) is 5.11 Å². The summed E-state index contributed by atoms with van der Waals surface area (Å²) < 4.78 is 0. The Morgan fingerprint density at radius 1 is 1.58 bits per heavy atom. The van der Waals surface area contributed by atoms with Gasteiger partial charge in [-0.1, -0.05) is 0 Å². The minimum absolute atomic E-state index is 0. The van der Waals surface area contributed by atoms with Crippen LogP contribution in [0.4, 0.5) is 0 Å². The van der Waals surface area contributed by atoms with Crippen LogP contribution in [0.3, 0.4) is 0 Å². The SMILES string of the molecule is OCN1C=CN2CCSC12.[Al+3].[H-].[H-].[H-].[LiH]. The Balaban J connectivity index is -0.000000121. The molecule has 64 valence electrons. The van der Waals surface area contributed by atoms with Gasteiger partial charge in [-0.2, -0.15) is 0 Å². The number of aliphatic hydroxyl groups excluding tert-OH is 1. The molecule has 0 radical (unpaired) electrons. The zero-order valence-electron chi connectivity index (χ0n) is 9.18. The fourth-order valence-electron chi connectivity index (χ4n) is 1.27. The summed E-state index contributed by atoms with van der Waals surface area (Å²) in [5.74, 6) is 1.17. The molecular formula is C6H14AlLiN2OS. The second-order valence-corrected chi connectivity index (χ2v) is 3.55. The topological polar surface area (TPSA) is 26.7 Å². The van der Waals surface area contributed by atoms with E-state index in [0.717, 1.165) is 6.54 Å². The van der Waals surface area contributed by atoms with Crippen LogP contribution in [-0.2, 0) is 0 Å². The van der Waals surface area contributed by atoms with Crippen molar-refractivity contribution in [1.82, 2.24) is 9.80 Å². The molecule has 0 bridgehead atoms. The molecule has 2 aliphatic heterocycles. The predicted molar refractivity (Wildman–Crippen MR) is 57.3 cm³/mol. The summed E-state index contributed by atoms with van der Waals surface area (Å²) in [6.07, 6.45) is 3.98. The number of hydrogen-bond acceptors (Lipinski definition) is 4. The molecule has 0 aromatic rings. The average Bonchev–Trinajstić information content (AvgIpc) is 2.44. The van der Waals surface area contributed by atoms with Crippen LogP contribution < -0.4 is 0 Å². The maximum absolute atomic E-state index is 8.85. The van der Waals surface area contributed by atoms with E-state index in [1.165, 1.54) is 5.75 Å². The molecule has 1 saturated heterocycles. The van der Waals surface area contributed by atoms with Gasteiger partial charge >= 0.3 is 36.2 Å². The molecule has 1 unspecified atom stereocenters. The summed E-state index contributed by atoms with van der Waals surface area (Å²) in [7, 11) is 0. The third kappa shape index (κ3) is 2.17. The first-order valence-corrected chi connectivity index (χ1v) is 4.39. The second-order valence-electron chi connectivity index (χ2n) is 2.39. The van der Waals surface area contributed by atoms with Crippen LogP contribution in [0.15, 0.2) is 12.4 Å². The third-order valence-electron chi connectivity index (χ3n) is 1.80. The van der Waals surface area contributed by atoms with Crippen LogP contribution in [0.5, 0.6) is 0 Å². The molecule has 2 heterocycles. The Morgan fingerprint density at radius 2 is 2.33 bits per heavy atom. The van der Waals surface area contributed by atoms with E-state index in [1.54, 1.807) is 0 Å². The molecule has 0 spiro atoms. The van der Waals surface area contributed by atoms with Gasteiger partial charge in [0.15, 0.2) is 5.50 Å². The number of fused-ring (bicyclic) bond motifs is 1. The van der Waals surface area contributed by atoms with Crippen LogP contribution in [0, 0.1) is 0 Å². The molecule has 0 saturated carbocycles. The van der Waals surface area contributed by atoms with E-state index < -0.39 is 0 Å². The number of rotatable bonds is 1. The van der Waals surface area contributed by atoms with Crippen LogP contribution in [0.1, 0.15) is 4.28 Å². The molecule has 0 amide bonds. The molecule has 12 heavy (non-hydrogen) atoms. The van der Waals surface area contributed by atoms with Crippen molar-refractivity contribution in [2.45, 2.75) is 5.50 Å². The van der Waals surface area contributed by atoms with Crippen molar-refractivity contribution in [2.75, 3.05) is 19.0 Å². The van der Waals surface area contributed by atoms with Gasteiger partial charge in [0.1, 0.15) is 6.73 Å². The summed E-state index contributed by atoms with van der Waals surface area (Å²) in [6, 6.07) is 0. The van der Waals surface area contributed by atoms with Gasteiger partial charge in [-0.25, -0.2) is 0 Å². The Labute approximate surface area is 104 Å². The van der Waals surface area contributed by atoms with Crippen molar-refractivity contribution in [3.8, 4) is 0 Å². The van der Waals surface area contributed by atoms with Crippen molar-refractivity contribution in [2.24, 2.45) is 0 Å². The van der Waals surface area contributed by atoms with E-state index in [0.29, 0.717) is 5.50 Å². The fourth-order valence-corrected chi connectivity index (χ4v) is 2.49. The van der Waals surface area contributed by atoms with Crippen LogP contribution in [-0.4, -0.2) is 75.7 Å². The second kappa shape index (κ2) is 5.50. The first-order valence-electron chi connectivity index (χ1n) is 3.34. The van der Waals surface area contributed by atoms with Gasteiger partial charge in [0, 0.05) is 24.7 Å². The first kappa shape index (κ1) is 12.8. The number of aliphatic hydroxyl groups is 1. The van der Waals surface area contributed by atoms with Crippen molar-refractivity contribution >= 4 is 48.0 Å². The molecule has 0 aliphatic carbocycles. The van der Waals surface area contributed by atoms with Gasteiger partial charge in [0.2, 0.25) is 0 Å². The van der Waals surface area contributed by atoms with Crippen molar-refractivity contribution in [1.29, 1.82) is 0 Å². The van der Waals surface area contributed by atoms with Crippen LogP contribution >= 0.6 is 11.8 Å². The third-order valence-corrected chi connectivity index (χ3v) is 3.05. The molecule has 3 nitrogen and oxygen atoms in total. The van der Waals surface area contributed by atoms with Crippen LogP contribution in [0.25, 0.3) is 0 Å².